The fourth-order valence-corrected chi connectivity index (χ4v) is 1.44. The fourth-order valence-electron chi connectivity index (χ4n) is 1.44. The summed E-state index contributed by atoms with van der Waals surface area (Å²) >= 11 is 0. The molecule has 0 unspecified atom stereocenters. The summed E-state index contributed by atoms with van der Waals surface area (Å²) in [6.07, 6.45) is 7.42. The first-order chi connectivity index (χ1) is 6.79. The van der Waals surface area contributed by atoms with Crippen LogP contribution in [0.4, 0.5) is 0 Å². The van der Waals surface area contributed by atoms with Gasteiger partial charge in [-0.2, -0.15) is 0 Å². The quantitative estimate of drug-likeness (QED) is 0.681. The van der Waals surface area contributed by atoms with Crippen LogP contribution in [0.5, 0.6) is 0 Å². The Hall–Kier alpha value is -1.70. The Morgan fingerprint density at radius 2 is 1.86 bits per heavy atom. The topological polar surface area (TPSA) is 25.8 Å². The number of aryl methyl sites for hydroxylation is 1. The van der Waals surface area contributed by atoms with Crippen LogP contribution in [0.15, 0.2) is 36.9 Å². The maximum Gasteiger partial charge on any atom is 0.0349 e. The van der Waals surface area contributed by atoms with Gasteiger partial charge in [-0.05, 0) is 31.0 Å². The SMILES string of the molecule is Cc1cncc(-c2cccnc2)c1C. The summed E-state index contributed by atoms with van der Waals surface area (Å²) in [5, 5.41) is 0. The van der Waals surface area contributed by atoms with E-state index in [1.165, 1.54) is 11.1 Å². The Balaban J connectivity index is 2.58. The summed E-state index contributed by atoms with van der Waals surface area (Å²) in [6, 6.07) is 3.99. The monoisotopic (exact) mass is 184 g/mol. The third kappa shape index (κ3) is 1.51. The molecular formula is C12H12N2. The highest BCUT2D eigenvalue weighted by atomic mass is 14.6. The summed E-state index contributed by atoms with van der Waals surface area (Å²) in [6.45, 7) is 4.18. The van der Waals surface area contributed by atoms with Gasteiger partial charge < -0.3 is 0 Å². The first-order valence-corrected chi connectivity index (χ1v) is 4.60. The molecule has 0 saturated carbocycles. The zero-order chi connectivity index (χ0) is 9.97. The summed E-state index contributed by atoms with van der Waals surface area (Å²) in [4.78, 5) is 8.30. The number of pyridine rings is 2. The van der Waals surface area contributed by atoms with Crippen molar-refractivity contribution in [1.82, 2.24) is 9.97 Å². The zero-order valence-corrected chi connectivity index (χ0v) is 8.36. The van der Waals surface area contributed by atoms with E-state index in [1.54, 1.807) is 6.20 Å². The molecule has 0 atom stereocenters. The smallest absolute Gasteiger partial charge is 0.0349 e. The van der Waals surface area contributed by atoms with Crippen molar-refractivity contribution in [2.75, 3.05) is 0 Å². The van der Waals surface area contributed by atoms with Gasteiger partial charge >= 0.3 is 0 Å². The lowest BCUT2D eigenvalue weighted by atomic mass is 10.0. The Labute approximate surface area is 83.7 Å². The molecule has 0 saturated heterocycles. The van der Waals surface area contributed by atoms with E-state index in [0.717, 1.165) is 11.1 Å². The zero-order valence-electron chi connectivity index (χ0n) is 8.36. The first-order valence-electron chi connectivity index (χ1n) is 4.60. The molecule has 14 heavy (non-hydrogen) atoms. The van der Waals surface area contributed by atoms with Crippen molar-refractivity contribution in [3.8, 4) is 11.1 Å². The highest BCUT2D eigenvalue weighted by Crippen LogP contribution is 2.22. The Kier molecular flexibility index (Phi) is 2.27. The van der Waals surface area contributed by atoms with Crippen molar-refractivity contribution in [3.63, 3.8) is 0 Å². The molecule has 2 aromatic rings. The Morgan fingerprint density at radius 3 is 2.57 bits per heavy atom. The van der Waals surface area contributed by atoms with Gasteiger partial charge in [-0.25, -0.2) is 0 Å². The minimum absolute atomic E-state index is 1.13. The molecule has 2 rings (SSSR count). The molecule has 2 nitrogen and oxygen atoms in total. The number of nitrogens with zero attached hydrogens (tertiary/aromatic N) is 2. The van der Waals surface area contributed by atoms with Crippen molar-refractivity contribution in [3.05, 3.63) is 48.0 Å². The summed E-state index contributed by atoms with van der Waals surface area (Å²) in [5.74, 6) is 0. The van der Waals surface area contributed by atoms with Crippen molar-refractivity contribution in [2.45, 2.75) is 13.8 Å². The van der Waals surface area contributed by atoms with Crippen LogP contribution in [0, 0.1) is 13.8 Å². The molecule has 0 bridgehead atoms. The molecule has 0 aromatic carbocycles. The lowest BCUT2D eigenvalue weighted by Crippen LogP contribution is -1.89. The molecule has 0 aliphatic rings. The molecule has 2 heterocycles. The number of rotatable bonds is 1. The molecular weight excluding hydrogens is 172 g/mol. The second-order valence-electron chi connectivity index (χ2n) is 3.37. The normalized spacial score (nSPS) is 10.1. The minimum Gasteiger partial charge on any atom is -0.264 e. The molecule has 2 aromatic heterocycles. The maximum absolute atomic E-state index is 4.19. The molecule has 70 valence electrons. The van der Waals surface area contributed by atoms with E-state index in [2.05, 4.69) is 29.9 Å². The van der Waals surface area contributed by atoms with Crippen LogP contribution in [0.25, 0.3) is 11.1 Å². The van der Waals surface area contributed by atoms with Gasteiger partial charge in [-0.15, -0.1) is 0 Å². The van der Waals surface area contributed by atoms with Crippen molar-refractivity contribution in [2.24, 2.45) is 0 Å². The summed E-state index contributed by atoms with van der Waals surface area (Å²) in [5.41, 5.74) is 4.78. The molecule has 0 amide bonds. The molecule has 0 aliphatic carbocycles. The summed E-state index contributed by atoms with van der Waals surface area (Å²) < 4.78 is 0. The van der Waals surface area contributed by atoms with Gasteiger partial charge in [0, 0.05) is 35.9 Å². The molecule has 0 N–H and O–H groups in total. The lowest BCUT2D eigenvalue weighted by Gasteiger charge is -2.06. The summed E-state index contributed by atoms with van der Waals surface area (Å²) in [7, 11) is 0. The fraction of sp³-hybridized carbons (Fsp3) is 0.167. The third-order valence-electron chi connectivity index (χ3n) is 2.44. The first kappa shape index (κ1) is 8.88. The average Bonchev–Trinajstić information content (AvgIpc) is 2.23. The van der Waals surface area contributed by atoms with E-state index in [9.17, 15) is 0 Å². The number of hydrogen-bond acceptors (Lipinski definition) is 2. The van der Waals surface area contributed by atoms with Gasteiger partial charge in [-0.3, -0.25) is 9.97 Å². The van der Waals surface area contributed by atoms with Crippen LogP contribution in [0.2, 0.25) is 0 Å². The minimum atomic E-state index is 1.13. The molecule has 0 spiro atoms. The number of aromatic nitrogens is 2. The highest BCUT2D eigenvalue weighted by Gasteiger charge is 2.03. The predicted octanol–water partition coefficient (Wildman–Crippen LogP) is 2.76. The van der Waals surface area contributed by atoms with Crippen molar-refractivity contribution >= 4 is 0 Å². The van der Waals surface area contributed by atoms with E-state index in [4.69, 9.17) is 0 Å². The van der Waals surface area contributed by atoms with Gasteiger partial charge in [0.1, 0.15) is 0 Å². The maximum atomic E-state index is 4.19. The van der Waals surface area contributed by atoms with Crippen LogP contribution in [-0.2, 0) is 0 Å². The van der Waals surface area contributed by atoms with Crippen LogP contribution in [0.1, 0.15) is 11.1 Å². The Morgan fingerprint density at radius 1 is 1.00 bits per heavy atom. The largest absolute Gasteiger partial charge is 0.264 e. The van der Waals surface area contributed by atoms with E-state index >= 15 is 0 Å². The van der Waals surface area contributed by atoms with Gasteiger partial charge in [0.15, 0.2) is 0 Å². The van der Waals surface area contributed by atoms with Crippen LogP contribution in [-0.4, -0.2) is 9.97 Å². The molecule has 0 radical (unpaired) electrons. The standard InChI is InChI=1S/C12H12N2/c1-9-6-14-8-12(10(9)2)11-4-3-5-13-7-11/h3-8H,1-2H3. The Bertz CT molecular complexity index is 435. The van der Waals surface area contributed by atoms with E-state index < -0.39 is 0 Å². The van der Waals surface area contributed by atoms with E-state index in [-0.39, 0.29) is 0 Å². The lowest BCUT2D eigenvalue weighted by molar-refractivity contribution is 1.21. The van der Waals surface area contributed by atoms with Crippen molar-refractivity contribution in [1.29, 1.82) is 0 Å². The van der Waals surface area contributed by atoms with Gasteiger partial charge in [0.25, 0.3) is 0 Å². The predicted molar refractivity (Wildman–Crippen MR) is 56.9 cm³/mol. The van der Waals surface area contributed by atoms with Crippen LogP contribution < -0.4 is 0 Å². The van der Waals surface area contributed by atoms with Crippen LogP contribution >= 0.6 is 0 Å². The van der Waals surface area contributed by atoms with Crippen molar-refractivity contribution < 1.29 is 0 Å². The van der Waals surface area contributed by atoms with E-state index in [1.807, 2.05) is 24.7 Å². The second-order valence-corrected chi connectivity index (χ2v) is 3.37. The third-order valence-corrected chi connectivity index (χ3v) is 2.44. The van der Waals surface area contributed by atoms with Gasteiger partial charge in [-0.1, -0.05) is 6.07 Å². The average molecular weight is 184 g/mol. The molecule has 0 aliphatic heterocycles. The van der Waals surface area contributed by atoms with E-state index in [0.29, 0.717) is 0 Å². The molecule has 2 heteroatoms. The highest BCUT2D eigenvalue weighted by molar-refractivity contribution is 5.66. The van der Waals surface area contributed by atoms with Crippen LogP contribution in [0.3, 0.4) is 0 Å². The van der Waals surface area contributed by atoms with Gasteiger partial charge in [0.05, 0.1) is 0 Å². The molecule has 0 fully saturated rings. The second kappa shape index (κ2) is 3.58. The van der Waals surface area contributed by atoms with Gasteiger partial charge in [0.2, 0.25) is 0 Å². The number of hydrogen-bond donors (Lipinski definition) is 0.